The average molecular weight is 398 g/mol. The number of hydrogen-bond acceptors (Lipinski definition) is 5. The first kappa shape index (κ1) is 17.9. The van der Waals surface area contributed by atoms with Crippen LogP contribution in [0.5, 0.6) is 0 Å². The number of nitrogens with one attached hydrogen (secondary N) is 2. The van der Waals surface area contributed by atoms with E-state index in [9.17, 15) is 18.4 Å². The van der Waals surface area contributed by atoms with E-state index in [-0.39, 0.29) is 10.9 Å². The fraction of sp³-hybridized carbons (Fsp3) is 0.400. The smallest absolute Gasteiger partial charge is 0.351 e. The van der Waals surface area contributed by atoms with Crippen LogP contribution in [0.1, 0.15) is 36.8 Å². The van der Waals surface area contributed by atoms with E-state index in [1.165, 1.54) is 31.7 Å². The number of halogens is 3. The molecule has 3 atom stereocenters. The largest absolute Gasteiger partial charge is 0.417 e. The van der Waals surface area contributed by atoms with Crippen molar-refractivity contribution in [3.8, 4) is 17.3 Å². The molecule has 0 amide bonds. The molecule has 3 heterocycles. The lowest BCUT2D eigenvalue weighted by Crippen LogP contribution is -2.27. The van der Waals surface area contributed by atoms with Gasteiger partial charge in [0.2, 0.25) is 5.95 Å². The molecule has 0 radical (unpaired) electrons. The van der Waals surface area contributed by atoms with Gasteiger partial charge in [-0.05, 0) is 37.2 Å². The summed E-state index contributed by atoms with van der Waals surface area (Å²) in [4.78, 5) is 15.5. The Morgan fingerprint density at radius 1 is 1.17 bits per heavy atom. The van der Waals surface area contributed by atoms with Crippen LogP contribution in [0.2, 0.25) is 0 Å². The van der Waals surface area contributed by atoms with Crippen LogP contribution in [-0.2, 0) is 6.18 Å². The number of nitriles is 1. The Morgan fingerprint density at radius 2 is 2.03 bits per heavy atom. The summed E-state index contributed by atoms with van der Waals surface area (Å²) in [7, 11) is 0. The minimum Gasteiger partial charge on any atom is -0.351 e. The molecule has 6 nitrogen and oxygen atoms in total. The van der Waals surface area contributed by atoms with Gasteiger partial charge < -0.3 is 10.3 Å². The van der Waals surface area contributed by atoms with Gasteiger partial charge in [0.15, 0.2) is 0 Å². The number of fused-ring (bicyclic) bond motifs is 3. The van der Waals surface area contributed by atoms with Gasteiger partial charge in [0.1, 0.15) is 11.7 Å². The number of alkyl halides is 3. The van der Waals surface area contributed by atoms with Gasteiger partial charge in [-0.3, -0.25) is 0 Å². The van der Waals surface area contributed by atoms with E-state index in [2.05, 4.69) is 25.3 Å². The van der Waals surface area contributed by atoms with Crippen molar-refractivity contribution in [1.29, 1.82) is 5.26 Å². The number of aromatic amines is 1. The molecule has 2 saturated carbocycles. The topological polar surface area (TPSA) is 90.3 Å². The fourth-order valence-electron chi connectivity index (χ4n) is 4.68. The Bertz CT molecular complexity index is 1130. The van der Waals surface area contributed by atoms with Crippen molar-refractivity contribution in [2.75, 3.05) is 5.32 Å². The third-order valence-corrected chi connectivity index (χ3v) is 6.08. The molecule has 3 aromatic heterocycles. The van der Waals surface area contributed by atoms with Crippen LogP contribution in [0.25, 0.3) is 22.3 Å². The summed E-state index contributed by atoms with van der Waals surface area (Å²) in [6.07, 6.45) is 3.99. The minimum atomic E-state index is -4.51. The first-order valence-corrected chi connectivity index (χ1v) is 9.50. The first-order chi connectivity index (χ1) is 13.9. The maximum Gasteiger partial charge on any atom is 0.417 e. The SMILES string of the molecule is N#Cc1cnc(NC2CC3CC[C@@H]2C3)nc1-c1c[nH]c2ncc(C(F)(F)F)cc12. The third-order valence-electron chi connectivity index (χ3n) is 6.08. The van der Waals surface area contributed by atoms with E-state index in [1.807, 2.05) is 6.07 Å². The van der Waals surface area contributed by atoms with Crippen molar-refractivity contribution in [2.45, 2.75) is 37.9 Å². The lowest BCUT2D eigenvalue weighted by molar-refractivity contribution is -0.137. The van der Waals surface area contributed by atoms with Gasteiger partial charge in [-0.1, -0.05) is 6.42 Å². The average Bonchev–Trinajstić information content (AvgIpc) is 3.42. The number of nitrogens with zero attached hydrogens (tertiary/aromatic N) is 4. The molecule has 0 aliphatic heterocycles. The predicted octanol–water partition coefficient (Wildman–Crippen LogP) is 4.51. The molecule has 3 aromatic rings. The van der Waals surface area contributed by atoms with E-state index in [1.54, 1.807) is 0 Å². The van der Waals surface area contributed by atoms with E-state index in [0.717, 1.165) is 24.6 Å². The van der Waals surface area contributed by atoms with Gasteiger partial charge in [-0.15, -0.1) is 0 Å². The van der Waals surface area contributed by atoms with E-state index in [0.29, 0.717) is 34.8 Å². The quantitative estimate of drug-likeness (QED) is 0.677. The van der Waals surface area contributed by atoms with Crippen LogP contribution < -0.4 is 5.32 Å². The lowest BCUT2D eigenvalue weighted by atomic mass is 9.95. The highest BCUT2D eigenvalue weighted by atomic mass is 19.4. The highest BCUT2D eigenvalue weighted by Gasteiger charge is 2.39. The molecule has 0 aromatic carbocycles. The van der Waals surface area contributed by atoms with Gasteiger partial charge in [-0.25, -0.2) is 15.0 Å². The van der Waals surface area contributed by atoms with Crippen LogP contribution in [0.3, 0.4) is 0 Å². The molecule has 0 spiro atoms. The van der Waals surface area contributed by atoms with Gasteiger partial charge >= 0.3 is 6.18 Å². The summed E-state index contributed by atoms with van der Waals surface area (Å²) in [5, 5.41) is 13.1. The maximum absolute atomic E-state index is 13.1. The van der Waals surface area contributed by atoms with Crippen molar-refractivity contribution in [1.82, 2.24) is 19.9 Å². The first-order valence-electron chi connectivity index (χ1n) is 9.50. The zero-order chi connectivity index (χ0) is 20.2. The summed E-state index contributed by atoms with van der Waals surface area (Å²) in [5.41, 5.74) is 0.340. The van der Waals surface area contributed by atoms with Gasteiger partial charge in [0.05, 0.1) is 23.0 Å². The number of pyridine rings is 1. The predicted molar refractivity (Wildman–Crippen MR) is 99.7 cm³/mol. The second-order valence-corrected chi connectivity index (χ2v) is 7.81. The van der Waals surface area contributed by atoms with Gasteiger partial charge in [0.25, 0.3) is 0 Å². The minimum absolute atomic E-state index is 0.196. The van der Waals surface area contributed by atoms with Crippen molar-refractivity contribution in [3.63, 3.8) is 0 Å². The number of anilines is 1. The number of rotatable bonds is 3. The molecule has 29 heavy (non-hydrogen) atoms. The second kappa shape index (κ2) is 6.44. The highest BCUT2D eigenvalue weighted by molar-refractivity contribution is 5.94. The Hall–Kier alpha value is -3.15. The van der Waals surface area contributed by atoms with Crippen molar-refractivity contribution < 1.29 is 13.2 Å². The summed E-state index contributed by atoms with van der Waals surface area (Å²) < 4.78 is 39.4. The fourth-order valence-corrected chi connectivity index (χ4v) is 4.68. The van der Waals surface area contributed by atoms with Crippen LogP contribution in [0.4, 0.5) is 19.1 Å². The Labute approximate surface area is 164 Å². The molecule has 0 saturated heterocycles. The normalized spacial score (nSPS) is 23.4. The molecular weight excluding hydrogens is 381 g/mol. The zero-order valence-electron chi connectivity index (χ0n) is 15.3. The molecule has 2 aliphatic rings. The third kappa shape index (κ3) is 3.09. The zero-order valence-corrected chi connectivity index (χ0v) is 15.3. The van der Waals surface area contributed by atoms with E-state index >= 15 is 0 Å². The summed E-state index contributed by atoms with van der Waals surface area (Å²) in [6, 6.07) is 3.36. The van der Waals surface area contributed by atoms with Gasteiger partial charge in [0, 0.05) is 29.4 Å². The number of hydrogen-bond donors (Lipinski definition) is 2. The molecule has 2 aliphatic carbocycles. The monoisotopic (exact) mass is 398 g/mol. The van der Waals surface area contributed by atoms with Crippen molar-refractivity contribution in [2.24, 2.45) is 11.8 Å². The van der Waals surface area contributed by atoms with Crippen LogP contribution in [-0.4, -0.2) is 26.0 Å². The van der Waals surface area contributed by atoms with Crippen molar-refractivity contribution >= 4 is 17.0 Å². The lowest BCUT2D eigenvalue weighted by Gasteiger charge is -2.23. The standard InChI is InChI=1S/C20H17F3N6/c21-20(22,23)13-5-14-15(9-26-18(14)25-8-13)17-12(6-24)7-27-19(29-17)28-16-4-10-1-2-11(16)3-10/h5,7-11,16H,1-4H2,(H,25,26)(H,27,28,29)/t10?,11-,16?/m1/s1. The Morgan fingerprint density at radius 3 is 2.72 bits per heavy atom. The van der Waals surface area contributed by atoms with Crippen molar-refractivity contribution in [3.05, 3.63) is 35.8 Å². The molecule has 9 heteroatoms. The number of H-pyrrole nitrogens is 1. The van der Waals surface area contributed by atoms with Crippen LogP contribution in [0, 0.1) is 23.2 Å². The van der Waals surface area contributed by atoms with Crippen LogP contribution in [0.15, 0.2) is 24.7 Å². The molecule has 148 valence electrons. The molecule has 5 rings (SSSR count). The van der Waals surface area contributed by atoms with Gasteiger partial charge in [-0.2, -0.15) is 18.4 Å². The second-order valence-electron chi connectivity index (χ2n) is 7.81. The number of aromatic nitrogens is 4. The summed E-state index contributed by atoms with van der Waals surface area (Å²) in [6.45, 7) is 0. The van der Waals surface area contributed by atoms with Crippen LogP contribution >= 0.6 is 0 Å². The molecule has 2 bridgehead atoms. The van der Waals surface area contributed by atoms with E-state index < -0.39 is 11.7 Å². The molecule has 2 fully saturated rings. The maximum atomic E-state index is 13.1. The molecule has 2 unspecified atom stereocenters. The summed E-state index contributed by atoms with van der Waals surface area (Å²) in [5.74, 6) is 1.75. The Kier molecular flexibility index (Phi) is 3.98. The highest BCUT2D eigenvalue weighted by Crippen LogP contribution is 2.45. The molecule has 2 N–H and O–H groups in total. The van der Waals surface area contributed by atoms with E-state index in [4.69, 9.17) is 0 Å². The summed E-state index contributed by atoms with van der Waals surface area (Å²) >= 11 is 0. The Balaban J connectivity index is 1.55. The molecular formula is C20H17F3N6.